The Balaban J connectivity index is 1.73. The molecule has 0 unspecified atom stereocenters. The zero-order chi connectivity index (χ0) is 21.0. The smallest absolute Gasteiger partial charge is 0.243 e. The number of sulfonamides is 1. The number of benzene rings is 2. The predicted molar refractivity (Wildman–Crippen MR) is 114 cm³/mol. The Labute approximate surface area is 176 Å². The van der Waals surface area contributed by atoms with Crippen LogP contribution >= 0.6 is 11.6 Å². The lowest BCUT2D eigenvalue weighted by molar-refractivity contribution is -0.120. The number of piperidine rings is 1. The van der Waals surface area contributed by atoms with Crippen LogP contribution in [-0.4, -0.2) is 38.3 Å². The molecule has 1 amide bonds. The van der Waals surface area contributed by atoms with Gasteiger partial charge in [-0.2, -0.15) is 4.31 Å². The summed E-state index contributed by atoms with van der Waals surface area (Å²) >= 11 is 6.16. The number of halogens is 1. The summed E-state index contributed by atoms with van der Waals surface area (Å²) < 4.78 is 32.9. The van der Waals surface area contributed by atoms with E-state index in [1.165, 1.54) is 16.4 Å². The van der Waals surface area contributed by atoms with Crippen LogP contribution in [0.1, 0.15) is 25.3 Å². The van der Waals surface area contributed by atoms with Gasteiger partial charge in [0.2, 0.25) is 15.9 Å². The Morgan fingerprint density at radius 1 is 1.28 bits per heavy atom. The molecule has 3 rings (SSSR count). The third kappa shape index (κ3) is 5.10. The second-order valence-corrected chi connectivity index (χ2v) is 9.43. The van der Waals surface area contributed by atoms with Gasteiger partial charge < -0.3 is 10.1 Å². The summed E-state index contributed by atoms with van der Waals surface area (Å²) in [5.74, 6) is -0.125. The van der Waals surface area contributed by atoms with E-state index >= 15 is 0 Å². The molecule has 1 atom stereocenters. The van der Waals surface area contributed by atoms with E-state index in [1.54, 1.807) is 6.07 Å². The second-order valence-electron chi connectivity index (χ2n) is 7.09. The molecule has 1 N–H and O–H groups in total. The van der Waals surface area contributed by atoms with Crippen LogP contribution < -0.4 is 10.1 Å². The molecule has 1 heterocycles. The Bertz CT molecular complexity index is 994. The summed E-state index contributed by atoms with van der Waals surface area (Å²) in [6.07, 6.45) is 1.27. The molecular weight excluding hydrogens is 412 g/mol. The molecule has 0 aromatic heterocycles. The predicted octanol–water partition coefficient (Wildman–Crippen LogP) is 4.09. The van der Waals surface area contributed by atoms with Gasteiger partial charge in [-0.05, 0) is 62.6 Å². The molecule has 156 valence electrons. The maximum Gasteiger partial charge on any atom is 0.243 e. The molecule has 29 heavy (non-hydrogen) atoms. The SMILES string of the molecule is CCOc1ccc(S(=O)(=O)N2CCC[C@@H](C(=O)Nc3cccc(C)c3)C2)cc1Cl. The molecule has 1 aliphatic rings. The van der Waals surface area contributed by atoms with Crippen LogP contribution in [0.2, 0.25) is 5.02 Å². The van der Waals surface area contributed by atoms with Crippen LogP contribution in [0.25, 0.3) is 0 Å². The minimum absolute atomic E-state index is 0.102. The van der Waals surface area contributed by atoms with Crippen molar-refractivity contribution in [2.75, 3.05) is 25.0 Å². The minimum Gasteiger partial charge on any atom is -0.492 e. The molecule has 0 aliphatic carbocycles. The Kier molecular flexibility index (Phi) is 6.82. The molecule has 2 aromatic carbocycles. The van der Waals surface area contributed by atoms with Gasteiger partial charge in [0.05, 0.1) is 22.4 Å². The summed E-state index contributed by atoms with van der Waals surface area (Å²) in [5.41, 5.74) is 1.76. The number of hydrogen-bond donors (Lipinski definition) is 1. The van der Waals surface area contributed by atoms with Gasteiger partial charge in [0, 0.05) is 18.8 Å². The first-order valence-electron chi connectivity index (χ1n) is 9.61. The molecule has 6 nitrogen and oxygen atoms in total. The van der Waals surface area contributed by atoms with E-state index in [4.69, 9.17) is 16.3 Å². The van der Waals surface area contributed by atoms with Crippen molar-refractivity contribution in [1.82, 2.24) is 4.31 Å². The minimum atomic E-state index is -3.75. The first-order chi connectivity index (χ1) is 13.8. The summed E-state index contributed by atoms with van der Waals surface area (Å²) in [6.45, 7) is 4.74. The first-order valence-corrected chi connectivity index (χ1v) is 11.4. The number of nitrogens with one attached hydrogen (secondary N) is 1. The van der Waals surface area contributed by atoms with E-state index in [0.717, 1.165) is 5.56 Å². The number of nitrogens with zero attached hydrogens (tertiary/aromatic N) is 1. The van der Waals surface area contributed by atoms with Crippen molar-refractivity contribution in [2.45, 2.75) is 31.6 Å². The monoisotopic (exact) mass is 436 g/mol. The number of carbonyl (C=O) groups is 1. The Morgan fingerprint density at radius 3 is 2.76 bits per heavy atom. The number of amides is 1. The van der Waals surface area contributed by atoms with E-state index < -0.39 is 15.9 Å². The molecule has 0 bridgehead atoms. The lowest BCUT2D eigenvalue weighted by atomic mass is 9.98. The van der Waals surface area contributed by atoms with E-state index in [2.05, 4.69) is 5.32 Å². The van der Waals surface area contributed by atoms with Crippen LogP contribution in [0.15, 0.2) is 47.4 Å². The molecule has 1 aliphatic heterocycles. The van der Waals surface area contributed by atoms with Crippen LogP contribution in [-0.2, 0) is 14.8 Å². The fraction of sp³-hybridized carbons (Fsp3) is 0.381. The van der Waals surface area contributed by atoms with Gasteiger partial charge in [-0.25, -0.2) is 8.42 Å². The summed E-state index contributed by atoms with van der Waals surface area (Å²) in [7, 11) is -3.75. The molecule has 2 aromatic rings. The Hall–Kier alpha value is -2.09. The lowest BCUT2D eigenvalue weighted by Gasteiger charge is -2.31. The highest BCUT2D eigenvalue weighted by atomic mass is 35.5. The average Bonchev–Trinajstić information content (AvgIpc) is 2.69. The Morgan fingerprint density at radius 2 is 2.07 bits per heavy atom. The van der Waals surface area contributed by atoms with Crippen molar-refractivity contribution >= 4 is 33.2 Å². The maximum atomic E-state index is 13.1. The van der Waals surface area contributed by atoms with Gasteiger partial charge in [0.25, 0.3) is 0 Å². The molecule has 0 radical (unpaired) electrons. The zero-order valence-corrected chi connectivity index (χ0v) is 18.1. The van der Waals surface area contributed by atoms with Crippen molar-refractivity contribution in [3.63, 3.8) is 0 Å². The number of anilines is 1. The van der Waals surface area contributed by atoms with Crippen LogP contribution in [0.4, 0.5) is 5.69 Å². The number of hydrogen-bond acceptors (Lipinski definition) is 4. The molecule has 1 fully saturated rings. The standard InChI is InChI=1S/C21H25ClN2O4S/c1-3-28-20-10-9-18(13-19(20)22)29(26,27)24-11-5-7-16(14-24)21(25)23-17-8-4-6-15(2)12-17/h4,6,8-10,12-13,16H,3,5,7,11,14H2,1-2H3,(H,23,25)/t16-/m1/s1. The fourth-order valence-corrected chi connectivity index (χ4v) is 5.26. The second kappa shape index (κ2) is 9.15. The number of rotatable bonds is 6. The van der Waals surface area contributed by atoms with Gasteiger partial charge in [-0.3, -0.25) is 4.79 Å². The molecular formula is C21H25ClN2O4S. The summed E-state index contributed by atoms with van der Waals surface area (Å²) in [4.78, 5) is 12.8. The van der Waals surface area contributed by atoms with Gasteiger partial charge in [0.1, 0.15) is 5.75 Å². The van der Waals surface area contributed by atoms with Gasteiger partial charge in [0.15, 0.2) is 0 Å². The van der Waals surface area contributed by atoms with Crippen LogP contribution in [0.3, 0.4) is 0 Å². The lowest BCUT2D eigenvalue weighted by Crippen LogP contribution is -2.43. The highest BCUT2D eigenvalue weighted by molar-refractivity contribution is 7.89. The summed E-state index contributed by atoms with van der Waals surface area (Å²) in [5, 5.41) is 3.15. The van der Waals surface area contributed by atoms with Crippen molar-refractivity contribution in [1.29, 1.82) is 0 Å². The van der Waals surface area contributed by atoms with Crippen molar-refractivity contribution in [3.05, 3.63) is 53.1 Å². The number of aryl methyl sites for hydroxylation is 1. The fourth-order valence-electron chi connectivity index (χ4n) is 3.41. The molecule has 1 saturated heterocycles. The van der Waals surface area contributed by atoms with E-state index in [-0.39, 0.29) is 22.4 Å². The average molecular weight is 437 g/mol. The number of carbonyl (C=O) groups excluding carboxylic acids is 1. The number of ether oxygens (including phenoxy) is 1. The maximum absolute atomic E-state index is 13.1. The third-order valence-electron chi connectivity index (χ3n) is 4.88. The van der Waals surface area contributed by atoms with E-state index in [9.17, 15) is 13.2 Å². The zero-order valence-electron chi connectivity index (χ0n) is 16.5. The molecule has 0 spiro atoms. The van der Waals surface area contributed by atoms with Gasteiger partial charge in [-0.15, -0.1) is 0 Å². The topological polar surface area (TPSA) is 75.7 Å². The van der Waals surface area contributed by atoms with Crippen molar-refractivity contribution in [3.8, 4) is 5.75 Å². The van der Waals surface area contributed by atoms with Crippen LogP contribution in [0, 0.1) is 12.8 Å². The van der Waals surface area contributed by atoms with E-state index in [1.807, 2.05) is 38.1 Å². The molecule has 0 saturated carbocycles. The van der Waals surface area contributed by atoms with Gasteiger partial charge >= 0.3 is 0 Å². The quantitative estimate of drug-likeness (QED) is 0.740. The highest BCUT2D eigenvalue weighted by Crippen LogP contribution is 2.30. The first kappa shape index (κ1) is 21.6. The highest BCUT2D eigenvalue weighted by Gasteiger charge is 2.33. The third-order valence-corrected chi connectivity index (χ3v) is 7.04. The van der Waals surface area contributed by atoms with Crippen molar-refractivity contribution < 1.29 is 17.9 Å². The normalized spacial score (nSPS) is 17.7. The van der Waals surface area contributed by atoms with Crippen LogP contribution in [0.5, 0.6) is 5.75 Å². The largest absolute Gasteiger partial charge is 0.492 e. The summed E-state index contributed by atoms with van der Waals surface area (Å²) in [6, 6.07) is 12.0. The van der Waals surface area contributed by atoms with Gasteiger partial charge in [-0.1, -0.05) is 23.7 Å². The van der Waals surface area contributed by atoms with Crippen molar-refractivity contribution in [2.24, 2.45) is 5.92 Å². The molecule has 8 heteroatoms. The van der Waals surface area contributed by atoms with E-state index in [0.29, 0.717) is 37.4 Å².